The molecule has 2 unspecified atom stereocenters. The van der Waals surface area contributed by atoms with Crippen LogP contribution in [0.15, 0.2) is 22.7 Å². The maximum Gasteiger partial charge on any atom is 0.220 e. The Morgan fingerprint density at radius 2 is 2.32 bits per heavy atom. The van der Waals surface area contributed by atoms with Gasteiger partial charge in [-0.25, -0.2) is 0 Å². The van der Waals surface area contributed by atoms with E-state index < -0.39 is 0 Å². The van der Waals surface area contributed by atoms with E-state index in [0.717, 1.165) is 35.3 Å². The van der Waals surface area contributed by atoms with E-state index in [4.69, 9.17) is 4.74 Å². The molecule has 1 aliphatic rings. The molecule has 2 rings (SSSR count). The molecule has 1 heterocycles. The van der Waals surface area contributed by atoms with E-state index >= 15 is 0 Å². The van der Waals surface area contributed by atoms with Crippen LogP contribution in [0, 0.1) is 5.92 Å². The summed E-state index contributed by atoms with van der Waals surface area (Å²) in [4.78, 5) is 12.0. The van der Waals surface area contributed by atoms with Crippen LogP contribution in [0.3, 0.4) is 0 Å². The van der Waals surface area contributed by atoms with E-state index in [1.165, 1.54) is 6.42 Å². The Morgan fingerprint density at radius 3 is 2.91 bits per heavy atom. The summed E-state index contributed by atoms with van der Waals surface area (Å²) in [7, 11) is 1.64. The van der Waals surface area contributed by atoms with Crippen LogP contribution in [0.4, 0.5) is 0 Å². The van der Waals surface area contributed by atoms with Gasteiger partial charge in [0, 0.05) is 6.42 Å². The van der Waals surface area contributed by atoms with Gasteiger partial charge >= 0.3 is 0 Å². The fourth-order valence-electron chi connectivity index (χ4n) is 2.65. The number of hydrogen-bond acceptors (Lipinski definition) is 3. The summed E-state index contributed by atoms with van der Waals surface area (Å²) in [5.74, 6) is 1.58. The first-order valence-corrected chi connectivity index (χ1v) is 8.23. The molecule has 2 atom stereocenters. The molecule has 6 heteroatoms. The number of nitrogens with one attached hydrogen (secondary N) is 2. The number of halogens is 2. The van der Waals surface area contributed by atoms with E-state index in [1.807, 2.05) is 25.1 Å². The molecule has 2 N–H and O–H groups in total. The zero-order chi connectivity index (χ0) is 15.2. The van der Waals surface area contributed by atoms with Crippen molar-refractivity contribution in [3.63, 3.8) is 0 Å². The molecule has 22 heavy (non-hydrogen) atoms. The Labute approximate surface area is 146 Å². The summed E-state index contributed by atoms with van der Waals surface area (Å²) in [6.45, 7) is 4.14. The standard InChI is InChI=1S/C16H23BrN2O2.ClH/c1-11(13-4-5-15(21-2)14(17)9-13)19-16(20)6-3-12-7-8-18-10-12;/h4-5,9,11-12,18H,3,6-8,10H2,1-2H3,(H,19,20);1H. The molecule has 0 bridgehead atoms. The first-order valence-electron chi connectivity index (χ1n) is 7.43. The normalized spacial score (nSPS) is 18.4. The highest BCUT2D eigenvalue weighted by atomic mass is 79.9. The SMILES string of the molecule is COc1ccc(C(C)NC(=O)CCC2CCNC2)cc1Br.Cl. The summed E-state index contributed by atoms with van der Waals surface area (Å²) < 4.78 is 6.12. The summed E-state index contributed by atoms with van der Waals surface area (Å²) >= 11 is 3.47. The molecule has 124 valence electrons. The summed E-state index contributed by atoms with van der Waals surface area (Å²) in [5, 5.41) is 6.39. The smallest absolute Gasteiger partial charge is 0.220 e. The zero-order valence-corrected chi connectivity index (χ0v) is 15.4. The van der Waals surface area contributed by atoms with Crippen molar-refractivity contribution in [3.8, 4) is 5.75 Å². The van der Waals surface area contributed by atoms with Crippen LogP contribution in [0.2, 0.25) is 0 Å². The van der Waals surface area contributed by atoms with Crippen molar-refractivity contribution in [1.82, 2.24) is 10.6 Å². The van der Waals surface area contributed by atoms with Gasteiger partial charge in [-0.15, -0.1) is 12.4 Å². The van der Waals surface area contributed by atoms with Gasteiger partial charge in [-0.1, -0.05) is 6.07 Å². The van der Waals surface area contributed by atoms with Gasteiger partial charge in [0.2, 0.25) is 5.91 Å². The van der Waals surface area contributed by atoms with Crippen molar-refractivity contribution in [1.29, 1.82) is 0 Å². The van der Waals surface area contributed by atoms with Crippen LogP contribution in [-0.4, -0.2) is 26.1 Å². The van der Waals surface area contributed by atoms with Crippen LogP contribution in [0.1, 0.15) is 37.8 Å². The van der Waals surface area contributed by atoms with Crippen molar-refractivity contribution in [2.75, 3.05) is 20.2 Å². The maximum absolute atomic E-state index is 12.0. The molecule has 0 aliphatic carbocycles. The number of amides is 1. The minimum Gasteiger partial charge on any atom is -0.496 e. The van der Waals surface area contributed by atoms with Crippen LogP contribution in [-0.2, 0) is 4.79 Å². The highest BCUT2D eigenvalue weighted by Crippen LogP contribution is 2.28. The second-order valence-electron chi connectivity index (χ2n) is 5.58. The van der Waals surface area contributed by atoms with Crippen molar-refractivity contribution < 1.29 is 9.53 Å². The lowest BCUT2D eigenvalue weighted by molar-refractivity contribution is -0.122. The molecule has 0 spiro atoms. The average Bonchev–Trinajstić information content (AvgIpc) is 2.98. The largest absolute Gasteiger partial charge is 0.496 e. The Bertz CT molecular complexity index is 493. The summed E-state index contributed by atoms with van der Waals surface area (Å²) in [6.07, 6.45) is 2.76. The third kappa shape index (κ3) is 5.45. The monoisotopic (exact) mass is 390 g/mol. The quantitative estimate of drug-likeness (QED) is 0.781. The molecule has 0 aromatic heterocycles. The van der Waals surface area contributed by atoms with Crippen LogP contribution >= 0.6 is 28.3 Å². The maximum atomic E-state index is 12.0. The van der Waals surface area contributed by atoms with E-state index in [9.17, 15) is 4.79 Å². The highest BCUT2D eigenvalue weighted by molar-refractivity contribution is 9.10. The number of rotatable bonds is 6. The number of hydrogen-bond donors (Lipinski definition) is 2. The van der Waals surface area contributed by atoms with Crippen molar-refractivity contribution >= 4 is 34.2 Å². The Kier molecular flexibility index (Phi) is 8.21. The molecular weight excluding hydrogens is 368 g/mol. The van der Waals surface area contributed by atoms with E-state index in [0.29, 0.717) is 12.3 Å². The number of carbonyl (C=O) groups is 1. The zero-order valence-electron chi connectivity index (χ0n) is 13.0. The van der Waals surface area contributed by atoms with E-state index in [1.54, 1.807) is 7.11 Å². The van der Waals surface area contributed by atoms with Crippen molar-refractivity contribution in [2.45, 2.75) is 32.2 Å². The van der Waals surface area contributed by atoms with Gasteiger partial charge in [0.15, 0.2) is 0 Å². The molecule has 1 fully saturated rings. The lowest BCUT2D eigenvalue weighted by Gasteiger charge is -2.16. The second kappa shape index (κ2) is 9.38. The van der Waals surface area contributed by atoms with Gasteiger partial charge < -0.3 is 15.4 Å². The predicted octanol–water partition coefficient (Wildman–Crippen LogP) is 3.45. The van der Waals surface area contributed by atoms with E-state index in [2.05, 4.69) is 26.6 Å². The molecule has 4 nitrogen and oxygen atoms in total. The Morgan fingerprint density at radius 1 is 1.55 bits per heavy atom. The van der Waals surface area contributed by atoms with Gasteiger partial charge in [-0.3, -0.25) is 4.79 Å². The lowest BCUT2D eigenvalue weighted by Crippen LogP contribution is -2.27. The second-order valence-corrected chi connectivity index (χ2v) is 6.44. The molecule has 1 aliphatic heterocycles. The molecule has 1 amide bonds. The predicted molar refractivity (Wildman–Crippen MR) is 94.7 cm³/mol. The van der Waals surface area contributed by atoms with E-state index in [-0.39, 0.29) is 24.4 Å². The number of benzene rings is 1. The minimum absolute atomic E-state index is 0. The molecule has 0 saturated carbocycles. The highest BCUT2D eigenvalue weighted by Gasteiger charge is 2.17. The van der Waals surface area contributed by atoms with Gasteiger partial charge in [-0.05, 0) is 72.4 Å². The van der Waals surface area contributed by atoms with Crippen molar-refractivity contribution in [2.24, 2.45) is 5.92 Å². The molecule has 1 aromatic rings. The Hall–Kier alpha value is -0.780. The van der Waals surface area contributed by atoms with Gasteiger partial charge in [0.1, 0.15) is 5.75 Å². The molecule has 0 radical (unpaired) electrons. The van der Waals surface area contributed by atoms with Gasteiger partial charge in [0.05, 0.1) is 17.6 Å². The number of carbonyl (C=O) groups excluding carboxylic acids is 1. The molecule has 1 aromatic carbocycles. The van der Waals surface area contributed by atoms with Crippen LogP contribution < -0.4 is 15.4 Å². The first kappa shape index (κ1) is 19.3. The molecular formula is C16H24BrClN2O2. The fourth-order valence-corrected chi connectivity index (χ4v) is 3.20. The summed E-state index contributed by atoms with van der Waals surface area (Å²) in [5.41, 5.74) is 1.07. The van der Waals surface area contributed by atoms with Gasteiger partial charge in [0.25, 0.3) is 0 Å². The number of ether oxygens (including phenoxy) is 1. The Balaban J connectivity index is 0.00000242. The lowest BCUT2D eigenvalue weighted by atomic mass is 10.0. The number of methoxy groups -OCH3 is 1. The third-order valence-corrected chi connectivity index (χ3v) is 4.62. The van der Waals surface area contributed by atoms with Gasteiger partial charge in [-0.2, -0.15) is 0 Å². The first-order chi connectivity index (χ1) is 10.1. The molecule has 1 saturated heterocycles. The summed E-state index contributed by atoms with van der Waals surface area (Å²) in [6, 6.07) is 5.88. The topological polar surface area (TPSA) is 50.4 Å². The van der Waals surface area contributed by atoms with Crippen LogP contribution in [0.25, 0.3) is 0 Å². The van der Waals surface area contributed by atoms with Crippen molar-refractivity contribution in [3.05, 3.63) is 28.2 Å². The fraction of sp³-hybridized carbons (Fsp3) is 0.562. The average molecular weight is 392 g/mol. The third-order valence-electron chi connectivity index (χ3n) is 4.00. The minimum atomic E-state index is 0. The van der Waals surface area contributed by atoms with Crippen LogP contribution in [0.5, 0.6) is 5.75 Å².